The summed E-state index contributed by atoms with van der Waals surface area (Å²) in [7, 11) is 0. The van der Waals surface area contributed by atoms with Crippen LogP contribution < -0.4 is 0 Å². The Kier molecular flexibility index (Phi) is 2.15. The first kappa shape index (κ1) is 6.42. The molecule has 0 amide bonds. The normalized spacial score (nSPS) is 9.90. The second kappa shape index (κ2) is 3.35. The Labute approximate surface area is 57.4 Å². The first-order valence-corrected chi connectivity index (χ1v) is 2.70. The predicted molar refractivity (Wildman–Crippen MR) is 32.6 cm³/mol. The highest BCUT2D eigenvalue weighted by molar-refractivity contribution is 5.04. The van der Waals surface area contributed by atoms with Crippen LogP contribution in [-0.4, -0.2) is 20.6 Å². The minimum absolute atomic E-state index is 0.546. The molecule has 0 aliphatic rings. The summed E-state index contributed by atoms with van der Waals surface area (Å²) in [5.74, 6) is 0.589. The molecule has 0 fully saturated rings. The van der Waals surface area contributed by atoms with Crippen LogP contribution in [0.3, 0.4) is 0 Å². The van der Waals surface area contributed by atoms with Gasteiger partial charge in [0.2, 0.25) is 0 Å². The monoisotopic (exact) mass is 135 g/mol. The fourth-order valence-electron chi connectivity index (χ4n) is 0.486. The quantitative estimate of drug-likeness (QED) is 0.570. The molecule has 10 heavy (non-hydrogen) atoms. The van der Waals surface area contributed by atoms with E-state index in [2.05, 4.69) is 20.6 Å². The van der Waals surface area contributed by atoms with E-state index in [0.29, 0.717) is 12.2 Å². The SMILES string of the molecule is N#CC=CCc1nn[nH]n1. The van der Waals surface area contributed by atoms with Crippen molar-refractivity contribution in [3.8, 4) is 6.07 Å². The lowest BCUT2D eigenvalue weighted by Crippen LogP contribution is -1.83. The molecule has 1 heterocycles. The molecule has 0 saturated heterocycles. The maximum absolute atomic E-state index is 8.09. The predicted octanol–water partition coefficient (Wildman–Crippen LogP) is -0.178. The van der Waals surface area contributed by atoms with Gasteiger partial charge in [-0.3, -0.25) is 0 Å². The van der Waals surface area contributed by atoms with Crippen LogP contribution in [-0.2, 0) is 6.42 Å². The highest BCUT2D eigenvalue weighted by Crippen LogP contribution is 1.85. The lowest BCUT2D eigenvalue weighted by atomic mass is 10.4. The maximum Gasteiger partial charge on any atom is 0.178 e. The Morgan fingerprint density at radius 1 is 1.70 bits per heavy atom. The van der Waals surface area contributed by atoms with Gasteiger partial charge in [-0.25, -0.2) is 0 Å². The van der Waals surface area contributed by atoms with Crippen LogP contribution in [0.1, 0.15) is 5.82 Å². The van der Waals surface area contributed by atoms with Crippen molar-refractivity contribution >= 4 is 0 Å². The van der Waals surface area contributed by atoms with Crippen LogP contribution in [0.25, 0.3) is 0 Å². The number of allylic oxidation sites excluding steroid dienone is 2. The van der Waals surface area contributed by atoms with Crippen molar-refractivity contribution in [1.82, 2.24) is 20.6 Å². The average Bonchev–Trinajstić information content (AvgIpc) is 2.41. The largest absolute Gasteiger partial charge is 0.193 e. The summed E-state index contributed by atoms with van der Waals surface area (Å²) in [4.78, 5) is 0. The third kappa shape index (κ3) is 1.67. The molecule has 0 atom stereocenters. The zero-order chi connectivity index (χ0) is 7.23. The third-order valence-corrected chi connectivity index (χ3v) is 0.882. The molecule has 5 heteroatoms. The van der Waals surface area contributed by atoms with Crippen molar-refractivity contribution in [3.05, 3.63) is 18.0 Å². The Bertz CT molecular complexity index is 242. The highest BCUT2D eigenvalue weighted by atomic mass is 15.5. The topological polar surface area (TPSA) is 78.2 Å². The summed E-state index contributed by atoms with van der Waals surface area (Å²) in [6.45, 7) is 0. The first-order chi connectivity index (χ1) is 4.93. The summed E-state index contributed by atoms with van der Waals surface area (Å²) in [6, 6.07) is 1.86. The number of hydrogen-bond acceptors (Lipinski definition) is 4. The van der Waals surface area contributed by atoms with Gasteiger partial charge in [0, 0.05) is 12.5 Å². The van der Waals surface area contributed by atoms with Crippen LogP contribution in [0, 0.1) is 11.3 Å². The zero-order valence-corrected chi connectivity index (χ0v) is 5.15. The van der Waals surface area contributed by atoms with Crippen molar-refractivity contribution in [2.75, 3.05) is 0 Å². The fraction of sp³-hybridized carbons (Fsp3) is 0.200. The molecular weight excluding hydrogens is 130 g/mol. The lowest BCUT2D eigenvalue weighted by Gasteiger charge is -1.77. The summed E-state index contributed by atoms with van der Waals surface area (Å²) >= 11 is 0. The van der Waals surface area contributed by atoms with Gasteiger partial charge in [0.15, 0.2) is 5.82 Å². The number of nitrogens with zero attached hydrogens (tertiary/aromatic N) is 4. The third-order valence-electron chi connectivity index (χ3n) is 0.882. The van der Waals surface area contributed by atoms with E-state index in [1.165, 1.54) is 6.08 Å². The van der Waals surface area contributed by atoms with Gasteiger partial charge in [-0.2, -0.15) is 10.5 Å². The van der Waals surface area contributed by atoms with Crippen LogP contribution >= 0.6 is 0 Å². The minimum atomic E-state index is 0.546. The van der Waals surface area contributed by atoms with E-state index in [-0.39, 0.29) is 0 Å². The molecule has 1 rings (SSSR count). The van der Waals surface area contributed by atoms with E-state index >= 15 is 0 Å². The number of rotatable bonds is 2. The molecule has 5 nitrogen and oxygen atoms in total. The van der Waals surface area contributed by atoms with Crippen LogP contribution in [0.15, 0.2) is 12.2 Å². The standard InChI is InChI=1S/C5H5N5/c6-4-2-1-3-5-7-9-10-8-5/h1-2H,3H2,(H,7,8,9,10). The second-order valence-electron chi connectivity index (χ2n) is 1.56. The van der Waals surface area contributed by atoms with E-state index in [1.807, 2.05) is 6.07 Å². The molecule has 0 saturated carbocycles. The van der Waals surface area contributed by atoms with E-state index in [4.69, 9.17) is 5.26 Å². The molecule has 0 radical (unpaired) electrons. The second-order valence-corrected chi connectivity index (χ2v) is 1.56. The number of aromatic amines is 1. The fourth-order valence-corrected chi connectivity index (χ4v) is 0.486. The molecule has 0 aromatic carbocycles. The Morgan fingerprint density at radius 2 is 2.60 bits per heavy atom. The Morgan fingerprint density at radius 3 is 3.20 bits per heavy atom. The summed E-state index contributed by atoms with van der Waals surface area (Å²) in [5, 5.41) is 21.1. The molecule has 50 valence electrons. The van der Waals surface area contributed by atoms with Gasteiger partial charge in [-0.05, 0) is 0 Å². The first-order valence-electron chi connectivity index (χ1n) is 2.70. The average molecular weight is 135 g/mol. The number of nitrogens with one attached hydrogen (secondary N) is 1. The van der Waals surface area contributed by atoms with E-state index in [9.17, 15) is 0 Å². The summed E-state index contributed by atoms with van der Waals surface area (Å²) < 4.78 is 0. The number of nitriles is 1. The van der Waals surface area contributed by atoms with Crippen LogP contribution in [0.5, 0.6) is 0 Å². The van der Waals surface area contributed by atoms with Gasteiger partial charge in [0.05, 0.1) is 6.07 Å². The molecule has 1 N–H and O–H groups in total. The molecule has 1 aromatic heterocycles. The lowest BCUT2D eigenvalue weighted by molar-refractivity contribution is 0.881. The van der Waals surface area contributed by atoms with E-state index < -0.39 is 0 Å². The van der Waals surface area contributed by atoms with Gasteiger partial charge in [0.25, 0.3) is 0 Å². The molecule has 0 spiro atoms. The van der Waals surface area contributed by atoms with Gasteiger partial charge in [-0.1, -0.05) is 11.3 Å². The Hall–Kier alpha value is -1.70. The highest BCUT2D eigenvalue weighted by Gasteiger charge is 1.90. The van der Waals surface area contributed by atoms with Crippen molar-refractivity contribution in [2.24, 2.45) is 0 Å². The maximum atomic E-state index is 8.09. The molecule has 0 bridgehead atoms. The van der Waals surface area contributed by atoms with Crippen LogP contribution in [0.2, 0.25) is 0 Å². The number of H-pyrrole nitrogens is 1. The molecule has 0 aliphatic carbocycles. The number of aromatic nitrogens is 4. The summed E-state index contributed by atoms with van der Waals surface area (Å²) in [6.07, 6.45) is 3.60. The van der Waals surface area contributed by atoms with Gasteiger partial charge >= 0.3 is 0 Å². The van der Waals surface area contributed by atoms with Crippen molar-refractivity contribution < 1.29 is 0 Å². The number of hydrogen-bond donors (Lipinski definition) is 1. The van der Waals surface area contributed by atoms with Crippen molar-refractivity contribution in [2.45, 2.75) is 6.42 Å². The summed E-state index contributed by atoms with van der Waals surface area (Å²) in [5.41, 5.74) is 0. The molecular formula is C5H5N5. The minimum Gasteiger partial charge on any atom is -0.193 e. The van der Waals surface area contributed by atoms with Gasteiger partial charge < -0.3 is 0 Å². The van der Waals surface area contributed by atoms with Gasteiger partial charge in [0.1, 0.15) is 0 Å². The molecule has 1 aromatic rings. The van der Waals surface area contributed by atoms with E-state index in [0.717, 1.165) is 0 Å². The Balaban J connectivity index is 2.43. The smallest absolute Gasteiger partial charge is 0.178 e. The van der Waals surface area contributed by atoms with Crippen molar-refractivity contribution in [3.63, 3.8) is 0 Å². The number of tetrazole rings is 1. The van der Waals surface area contributed by atoms with Crippen molar-refractivity contribution in [1.29, 1.82) is 5.26 Å². The molecule has 0 unspecified atom stereocenters. The molecule has 0 aliphatic heterocycles. The van der Waals surface area contributed by atoms with Gasteiger partial charge in [-0.15, -0.1) is 10.2 Å². The zero-order valence-electron chi connectivity index (χ0n) is 5.15. The van der Waals surface area contributed by atoms with E-state index in [1.54, 1.807) is 6.08 Å². The van der Waals surface area contributed by atoms with Crippen LogP contribution in [0.4, 0.5) is 0 Å².